The molecule has 6 heteroatoms. The minimum atomic E-state index is -0.993. The molecule has 0 saturated heterocycles. The van der Waals surface area contributed by atoms with Gasteiger partial charge < -0.3 is 15.1 Å². The fraction of sp³-hybridized carbons (Fsp3) is 0.579. The van der Waals surface area contributed by atoms with E-state index in [1.807, 2.05) is 6.07 Å². The van der Waals surface area contributed by atoms with Crippen molar-refractivity contribution in [2.75, 3.05) is 11.4 Å². The Morgan fingerprint density at radius 1 is 1.36 bits per heavy atom. The van der Waals surface area contributed by atoms with Crippen LogP contribution in [-0.2, 0) is 4.79 Å². The van der Waals surface area contributed by atoms with Gasteiger partial charge in [0, 0.05) is 17.8 Å². The third-order valence-electron chi connectivity index (χ3n) is 4.41. The van der Waals surface area contributed by atoms with Gasteiger partial charge in [-0.25, -0.2) is 4.79 Å². The molecule has 1 aromatic heterocycles. The molecule has 1 amide bonds. The molecule has 1 aromatic rings. The van der Waals surface area contributed by atoms with Gasteiger partial charge in [-0.1, -0.05) is 13.0 Å². The number of hydrogen-bond donors (Lipinski definition) is 2. The maximum Gasteiger partial charge on any atom is 0.348 e. The summed E-state index contributed by atoms with van der Waals surface area (Å²) >= 11 is 1.26. The van der Waals surface area contributed by atoms with Crippen LogP contribution in [0.25, 0.3) is 5.57 Å². The zero-order valence-electron chi connectivity index (χ0n) is 15.0. The zero-order chi connectivity index (χ0) is 18.4. The lowest BCUT2D eigenvalue weighted by atomic mass is 9.98. The number of hydrogen-bond acceptors (Lipinski definition) is 4. The molecule has 138 valence electrons. The van der Waals surface area contributed by atoms with Crippen molar-refractivity contribution in [3.63, 3.8) is 0 Å². The smallest absolute Gasteiger partial charge is 0.348 e. The van der Waals surface area contributed by atoms with Gasteiger partial charge in [0.2, 0.25) is 5.91 Å². The summed E-state index contributed by atoms with van der Waals surface area (Å²) in [4.78, 5) is 26.9. The van der Waals surface area contributed by atoms with Crippen LogP contribution in [0.1, 0.15) is 73.3 Å². The number of carboxylic acid groups (broad SMARTS) is 1. The maximum absolute atomic E-state index is 12.4. The largest absolute Gasteiger partial charge is 0.477 e. The predicted octanol–water partition coefficient (Wildman–Crippen LogP) is 4.31. The van der Waals surface area contributed by atoms with E-state index in [1.165, 1.54) is 23.3 Å². The molecule has 0 radical (unpaired) electrons. The number of carbonyl (C=O) groups excluding carboxylic acids is 1. The van der Waals surface area contributed by atoms with Gasteiger partial charge in [0.1, 0.15) is 4.88 Å². The van der Waals surface area contributed by atoms with Crippen molar-refractivity contribution in [1.82, 2.24) is 0 Å². The van der Waals surface area contributed by atoms with E-state index in [1.54, 1.807) is 18.7 Å². The van der Waals surface area contributed by atoms with E-state index in [-0.39, 0.29) is 10.8 Å². The average molecular weight is 365 g/mol. The Bertz CT molecular complexity index is 648. The van der Waals surface area contributed by atoms with Gasteiger partial charge >= 0.3 is 5.97 Å². The van der Waals surface area contributed by atoms with E-state index < -0.39 is 12.1 Å². The first-order valence-corrected chi connectivity index (χ1v) is 9.80. The fourth-order valence-electron chi connectivity index (χ4n) is 3.07. The predicted molar refractivity (Wildman–Crippen MR) is 101 cm³/mol. The van der Waals surface area contributed by atoms with E-state index in [0.717, 1.165) is 24.1 Å². The van der Waals surface area contributed by atoms with Crippen LogP contribution < -0.4 is 4.90 Å². The fourth-order valence-corrected chi connectivity index (χ4v) is 4.14. The van der Waals surface area contributed by atoms with Crippen LogP contribution in [0.3, 0.4) is 0 Å². The second-order valence-electron chi connectivity index (χ2n) is 6.50. The normalized spacial score (nSPS) is 15.6. The summed E-state index contributed by atoms with van der Waals surface area (Å²) < 4.78 is 0. The SMILES string of the molecule is CCC(=O)N(CCCC(C)O)c1cc(C2=CCCCC2)sc1C(=O)O. The van der Waals surface area contributed by atoms with E-state index in [0.29, 0.717) is 31.5 Å². The monoisotopic (exact) mass is 365 g/mol. The molecule has 5 nitrogen and oxygen atoms in total. The number of thiophene rings is 1. The molecule has 0 aromatic carbocycles. The molecule has 0 bridgehead atoms. The van der Waals surface area contributed by atoms with Gasteiger partial charge in [0.15, 0.2) is 0 Å². The minimum Gasteiger partial charge on any atom is -0.477 e. The summed E-state index contributed by atoms with van der Waals surface area (Å²) in [6.45, 7) is 3.92. The number of aliphatic hydroxyl groups excluding tert-OH is 1. The highest BCUT2D eigenvalue weighted by molar-refractivity contribution is 7.15. The van der Waals surface area contributed by atoms with Crippen LogP contribution in [0.2, 0.25) is 0 Å². The van der Waals surface area contributed by atoms with E-state index in [4.69, 9.17) is 0 Å². The Labute approximate surface area is 153 Å². The third kappa shape index (κ3) is 5.16. The quantitative estimate of drug-likeness (QED) is 0.720. The molecule has 1 aliphatic rings. The average Bonchev–Trinajstić information content (AvgIpc) is 3.04. The lowest BCUT2D eigenvalue weighted by molar-refractivity contribution is -0.118. The van der Waals surface area contributed by atoms with Crippen molar-refractivity contribution in [1.29, 1.82) is 0 Å². The molecule has 0 fully saturated rings. The van der Waals surface area contributed by atoms with Crippen molar-refractivity contribution in [2.24, 2.45) is 0 Å². The lowest BCUT2D eigenvalue weighted by Gasteiger charge is -2.22. The summed E-state index contributed by atoms with van der Waals surface area (Å²) in [5, 5.41) is 19.1. The molecule has 1 heterocycles. The van der Waals surface area contributed by atoms with Crippen molar-refractivity contribution in [3.05, 3.63) is 21.9 Å². The second kappa shape index (κ2) is 9.15. The van der Waals surface area contributed by atoms with Crippen LogP contribution in [0.5, 0.6) is 0 Å². The topological polar surface area (TPSA) is 77.8 Å². The second-order valence-corrected chi connectivity index (χ2v) is 7.55. The number of amides is 1. The number of anilines is 1. The standard InChI is InChI=1S/C19H27NO4S/c1-3-17(22)20(11-7-8-13(2)21)15-12-16(25-18(15)19(23)24)14-9-5-4-6-10-14/h9,12-13,21H,3-8,10-11H2,1-2H3,(H,23,24). The molecule has 2 N–H and O–H groups in total. The van der Waals surface area contributed by atoms with E-state index >= 15 is 0 Å². The molecular formula is C19H27NO4S. The van der Waals surface area contributed by atoms with Gasteiger partial charge in [-0.15, -0.1) is 11.3 Å². The lowest BCUT2D eigenvalue weighted by Crippen LogP contribution is -2.32. The first-order chi connectivity index (χ1) is 11.9. The maximum atomic E-state index is 12.4. The Morgan fingerprint density at radius 3 is 2.68 bits per heavy atom. The van der Waals surface area contributed by atoms with Gasteiger partial charge in [0.25, 0.3) is 0 Å². The molecular weight excluding hydrogens is 338 g/mol. The molecule has 0 spiro atoms. The number of aliphatic hydroxyl groups is 1. The molecule has 0 aliphatic heterocycles. The zero-order valence-corrected chi connectivity index (χ0v) is 15.8. The number of nitrogens with zero attached hydrogens (tertiary/aromatic N) is 1. The minimum absolute atomic E-state index is 0.0879. The summed E-state index contributed by atoms with van der Waals surface area (Å²) in [6.07, 6.45) is 7.57. The molecule has 2 rings (SSSR count). The Balaban J connectivity index is 2.33. The molecule has 1 unspecified atom stereocenters. The van der Waals surface area contributed by atoms with Crippen LogP contribution in [0, 0.1) is 0 Å². The van der Waals surface area contributed by atoms with Gasteiger partial charge in [-0.05, 0) is 57.1 Å². The molecule has 25 heavy (non-hydrogen) atoms. The number of carbonyl (C=O) groups is 2. The summed E-state index contributed by atoms with van der Waals surface area (Å²) in [7, 11) is 0. The molecule has 0 saturated carbocycles. The van der Waals surface area contributed by atoms with Crippen LogP contribution >= 0.6 is 11.3 Å². The van der Waals surface area contributed by atoms with E-state index in [9.17, 15) is 19.8 Å². The Kier molecular flexibility index (Phi) is 7.20. The van der Waals surface area contributed by atoms with Gasteiger partial charge in [0.05, 0.1) is 11.8 Å². The van der Waals surface area contributed by atoms with Crippen LogP contribution in [-0.4, -0.2) is 34.7 Å². The van der Waals surface area contributed by atoms with Gasteiger partial charge in [-0.3, -0.25) is 4.79 Å². The number of aromatic carboxylic acids is 1. The summed E-state index contributed by atoms with van der Waals surface area (Å²) in [6, 6.07) is 1.86. The Hall–Kier alpha value is -1.66. The van der Waals surface area contributed by atoms with Crippen LogP contribution in [0.4, 0.5) is 5.69 Å². The molecule has 1 aliphatic carbocycles. The highest BCUT2D eigenvalue weighted by Gasteiger charge is 2.25. The number of rotatable bonds is 8. The van der Waals surface area contributed by atoms with Crippen molar-refractivity contribution < 1.29 is 19.8 Å². The van der Waals surface area contributed by atoms with Crippen molar-refractivity contribution in [3.8, 4) is 0 Å². The van der Waals surface area contributed by atoms with Crippen LogP contribution in [0.15, 0.2) is 12.1 Å². The number of allylic oxidation sites excluding steroid dienone is 2. The van der Waals surface area contributed by atoms with E-state index in [2.05, 4.69) is 6.08 Å². The van der Waals surface area contributed by atoms with Crippen molar-refractivity contribution >= 4 is 34.5 Å². The first kappa shape index (κ1) is 19.7. The third-order valence-corrected chi connectivity index (χ3v) is 5.60. The highest BCUT2D eigenvalue weighted by Crippen LogP contribution is 2.38. The van der Waals surface area contributed by atoms with Crippen molar-refractivity contribution in [2.45, 2.75) is 64.9 Å². The number of carboxylic acids is 1. The van der Waals surface area contributed by atoms with Gasteiger partial charge in [-0.2, -0.15) is 0 Å². The highest BCUT2D eigenvalue weighted by atomic mass is 32.1. The Morgan fingerprint density at radius 2 is 2.12 bits per heavy atom. The summed E-state index contributed by atoms with van der Waals surface area (Å²) in [5.74, 6) is -1.08. The first-order valence-electron chi connectivity index (χ1n) is 8.99. The summed E-state index contributed by atoms with van der Waals surface area (Å²) in [5.41, 5.74) is 1.69. The molecule has 1 atom stereocenters.